The fourth-order valence-electron chi connectivity index (χ4n) is 1.55. The lowest BCUT2D eigenvalue weighted by molar-refractivity contribution is 0.0696. The van der Waals surface area contributed by atoms with E-state index in [1.807, 2.05) is 0 Å². The molecule has 1 aromatic heterocycles. The Balaban J connectivity index is 2.27. The molecule has 0 aliphatic carbocycles. The molecule has 5 nitrogen and oxygen atoms in total. The number of carbonyl (C=O) groups excluding carboxylic acids is 1. The van der Waals surface area contributed by atoms with E-state index in [4.69, 9.17) is 39.9 Å². The van der Waals surface area contributed by atoms with Crippen LogP contribution in [0.25, 0.3) is 0 Å². The number of hydrogen-bond acceptors (Lipinski definition) is 3. The normalized spacial score (nSPS) is 10.2. The minimum atomic E-state index is -1.19. The molecule has 1 amide bonds. The third kappa shape index (κ3) is 3.64. The minimum Gasteiger partial charge on any atom is -0.478 e. The van der Waals surface area contributed by atoms with Gasteiger partial charge in [0.2, 0.25) is 0 Å². The van der Waals surface area contributed by atoms with Crippen molar-refractivity contribution in [3.63, 3.8) is 0 Å². The third-order valence-electron chi connectivity index (χ3n) is 2.51. The molecule has 2 N–H and O–H groups in total. The van der Waals surface area contributed by atoms with Gasteiger partial charge >= 0.3 is 5.97 Å². The van der Waals surface area contributed by atoms with Crippen molar-refractivity contribution in [3.8, 4) is 0 Å². The molecule has 8 heteroatoms. The molecular weight excluding hydrogens is 339 g/mol. The molecule has 2 rings (SSSR count). The first-order valence-corrected chi connectivity index (χ1v) is 6.68. The Morgan fingerprint density at radius 2 is 1.76 bits per heavy atom. The molecule has 0 saturated carbocycles. The van der Waals surface area contributed by atoms with Crippen LogP contribution >= 0.6 is 34.8 Å². The van der Waals surface area contributed by atoms with Crippen LogP contribution in [0, 0.1) is 0 Å². The zero-order valence-corrected chi connectivity index (χ0v) is 12.5. The summed E-state index contributed by atoms with van der Waals surface area (Å²) in [5.74, 6) is -1.73. The molecule has 0 saturated heterocycles. The smallest absolute Gasteiger partial charge is 0.337 e. The van der Waals surface area contributed by atoms with E-state index in [2.05, 4.69) is 10.3 Å². The number of anilines is 1. The first-order valence-electron chi connectivity index (χ1n) is 5.54. The Bertz CT molecular complexity index is 735. The molecule has 0 fully saturated rings. The molecule has 0 unspecified atom stereocenters. The van der Waals surface area contributed by atoms with Crippen LogP contribution in [-0.4, -0.2) is 22.0 Å². The molecule has 1 aromatic carbocycles. The Labute approximate surface area is 134 Å². The first-order chi connectivity index (χ1) is 9.88. The number of pyridine rings is 1. The Morgan fingerprint density at radius 3 is 2.38 bits per heavy atom. The number of rotatable bonds is 3. The second-order valence-electron chi connectivity index (χ2n) is 3.93. The van der Waals surface area contributed by atoms with Crippen LogP contribution in [0.3, 0.4) is 0 Å². The lowest BCUT2D eigenvalue weighted by Gasteiger charge is -2.08. The van der Waals surface area contributed by atoms with E-state index in [1.165, 1.54) is 30.3 Å². The highest BCUT2D eigenvalue weighted by atomic mass is 35.5. The molecular formula is C13H7Cl3N2O3. The minimum absolute atomic E-state index is 0.0487. The van der Waals surface area contributed by atoms with Crippen molar-refractivity contribution in [1.29, 1.82) is 0 Å². The number of halogens is 3. The van der Waals surface area contributed by atoms with Gasteiger partial charge in [-0.1, -0.05) is 34.8 Å². The van der Waals surface area contributed by atoms with Gasteiger partial charge in [0.15, 0.2) is 0 Å². The standard InChI is InChI=1S/C13H7Cl3N2O3/c14-9-3-1-6(5-8(9)13(20)21)17-12(19)7-2-4-10(15)18-11(7)16/h1-5H,(H,17,19)(H,20,21). The lowest BCUT2D eigenvalue weighted by Crippen LogP contribution is -2.13. The molecule has 0 aliphatic heterocycles. The Hall–Kier alpha value is -1.82. The fourth-order valence-corrected chi connectivity index (χ4v) is 2.18. The van der Waals surface area contributed by atoms with Crippen LogP contribution in [0.2, 0.25) is 15.3 Å². The summed E-state index contributed by atoms with van der Waals surface area (Å²) in [4.78, 5) is 26.8. The highest BCUT2D eigenvalue weighted by molar-refractivity contribution is 6.35. The van der Waals surface area contributed by atoms with E-state index in [1.54, 1.807) is 0 Å². The summed E-state index contributed by atoms with van der Waals surface area (Å²) in [5.41, 5.74) is 0.274. The van der Waals surface area contributed by atoms with Gasteiger partial charge in [-0.25, -0.2) is 9.78 Å². The van der Waals surface area contributed by atoms with Crippen molar-refractivity contribution in [1.82, 2.24) is 4.98 Å². The number of aromatic nitrogens is 1. The number of carboxylic acids is 1. The van der Waals surface area contributed by atoms with Crippen molar-refractivity contribution < 1.29 is 14.7 Å². The number of carbonyl (C=O) groups is 2. The zero-order chi connectivity index (χ0) is 15.6. The highest BCUT2D eigenvalue weighted by Crippen LogP contribution is 2.22. The quantitative estimate of drug-likeness (QED) is 0.824. The van der Waals surface area contributed by atoms with Gasteiger partial charge in [-0.3, -0.25) is 4.79 Å². The Morgan fingerprint density at radius 1 is 1.05 bits per heavy atom. The van der Waals surface area contributed by atoms with Gasteiger partial charge in [0, 0.05) is 5.69 Å². The fraction of sp³-hybridized carbons (Fsp3) is 0. The van der Waals surface area contributed by atoms with E-state index >= 15 is 0 Å². The summed E-state index contributed by atoms with van der Waals surface area (Å²) in [5, 5.41) is 11.7. The van der Waals surface area contributed by atoms with Crippen molar-refractivity contribution in [2.45, 2.75) is 0 Å². The Kier molecular flexibility index (Phi) is 4.67. The number of carboxylic acid groups (broad SMARTS) is 1. The van der Waals surface area contributed by atoms with Gasteiger partial charge in [-0.05, 0) is 30.3 Å². The summed E-state index contributed by atoms with van der Waals surface area (Å²) < 4.78 is 0. The molecule has 0 atom stereocenters. The molecule has 108 valence electrons. The van der Waals surface area contributed by atoms with E-state index in [9.17, 15) is 9.59 Å². The number of nitrogens with one attached hydrogen (secondary N) is 1. The predicted molar refractivity (Wildman–Crippen MR) is 80.6 cm³/mol. The molecule has 1 heterocycles. The topological polar surface area (TPSA) is 79.3 Å². The van der Waals surface area contributed by atoms with Crippen LogP contribution in [0.4, 0.5) is 5.69 Å². The van der Waals surface area contributed by atoms with E-state index < -0.39 is 11.9 Å². The van der Waals surface area contributed by atoms with Crippen LogP contribution in [-0.2, 0) is 0 Å². The maximum atomic E-state index is 12.1. The van der Waals surface area contributed by atoms with Gasteiger partial charge < -0.3 is 10.4 Å². The largest absolute Gasteiger partial charge is 0.478 e. The third-order valence-corrected chi connectivity index (χ3v) is 3.34. The average Bonchev–Trinajstić information content (AvgIpc) is 2.40. The first kappa shape index (κ1) is 15.6. The van der Waals surface area contributed by atoms with Crippen LogP contribution < -0.4 is 5.32 Å². The molecule has 21 heavy (non-hydrogen) atoms. The number of aromatic carboxylic acids is 1. The molecule has 0 aliphatic rings. The predicted octanol–water partition coefficient (Wildman–Crippen LogP) is 3.99. The van der Waals surface area contributed by atoms with Crippen molar-refractivity contribution in [3.05, 3.63) is 56.8 Å². The van der Waals surface area contributed by atoms with Crippen molar-refractivity contribution in [2.75, 3.05) is 5.32 Å². The van der Waals surface area contributed by atoms with Crippen molar-refractivity contribution in [2.24, 2.45) is 0 Å². The van der Waals surface area contributed by atoms with Gasteiger partial charge in [0.25, 0.3) is 5.91 Å². The molecule has 0 radical (unpaired) electrons. The summed E-state index contributed by atoms with van der Waals surface area (Å²) in [7, 11) is 0. The molecule has 2 aromatic rings. The highest BCUT2D eigenvalue weighted by Gasteiger charge is 2.14. The van der Waals surface area contributed by atoms with Gasteiger partial charge in [0.05, 0.1) is 16.1 Å². The second kappa shape index (κ2) is 6.30. The number of benzene rings is 1. The van der Waals surface area contributed by atoms with Crippen LogP contribution in [0.1, 0.15) is 20.7 Å². The average molecular weight is 346 g/mol. The van der Waals surface area contributed by atoms with E-state index in [-0.39, 0.29) is 32.1 Å². The van der Waals surface area contributed by atoms with E-state index in [0.717, 1.165) is 0 Å². The summed E-state index contributed by atoms with van der Waals surface area (Å²) in [6.45, 7) is 0. The zero-order valence-electron chi connectivity index (χ0n) is 10.2. The van der Waals surface area contributed by atoms with Crippen LogP contribution in [0.5, 0.6) is 0 Å². The lowest BCUT2D eigenvalue weighted by atomic mass is 10.2. The number of nitrogens with zero attached hydrogens (tertiary/aromatic N) is 1. The number of amides is 1. The molecule has 0 spiro atoms. The van der Waals surface area contributed by atoms with E-state index in [0.29, 0.717) is 0 Å². The van der Waals surface area contributed by atoms with Gasteiger partial charge in [-0.15, -0.1) is 0 Å². The van der Waals surface area contributed by atoms with Gasteiger partial charge in [-0.2, -0.15) is 0 Å². The summed E-state index contributed by atoms with van der Waals surface area (Å²) >= 11 is 17.2. The van der Waals surface area contributed by atoms with Crippen LogP contribution in [0.15, 0.2) is 30.3 Å². The van der Waals surface area contributed by atoms with Crippen molar-refractivity contribution >= 4 is 52.4 Å². The monoisotopic (exact) mass is 344 g/mol. The maximum Gasteiger partial charge on any atom is 0.337 e. The SMILES string of the molecule is O=C(O)c1cc(NC(=O)c2ccc(Cl)nc2Cl)ccc1Cl. The number of hydrogen-bond donors (Lipinski definition) is 2. The maximum absolute atomic E-state index is 12.1. The second-order valence-corrected chi connectivity index (χ2v) is 5.08. The van der Waals surface area contributed by atoms with Gasteiger partial charge in [0.1, 0.15) is 10.3 Å². The molecule has 0 bridgehead atoms. The summed E-state index contributed by atoms with van der Waals surface area (Å²) in [6, 6.07) is 6.94. The summed E-state index contributed by atoms with van der Waals surface area (Å²) in [6.07, 6.45) is 0.